The van der Waals surface area contributed by atoms with Crippen molar-refractivity contribution in [3.05, 3.63) is 46.7 Å². The van der Waals surface area contributed by atoms with Crippen molar-refractivity contribution in [2.45, 2.75) is 26.5 Å². The monoisotopic (exact) mass is 318 g/mol. The van der Waals surface area contributed by atoms with Crippen molar-refractivity contribution in [2.75, 3.05) is 5.32 Å². The quantitative estimate of drug-likeness (QED) is 0.833. The molecule has 0 bridgehead atoms. The second-order valence-electron chi connectivity index (χ2n) is 4.91. The van der Waals surface area contributed by atoms with Crippen LogP contribution < -0.4 is 15.4 Å². The van der Waals surface area contributed by atoms with Gasteiger partial charge in [0.05, 0.1) is 12.6 Å². The molecule has 6 heteroatoms. The largest absolute Gasteiger partial charge is 0.491 e. The number of thiophene rings is 1. The molecule has 0 atom stereocenters. The number of ether oxygens (including phenoxy) is 1. The van der Waals surface area contributed by atoms with Crippen LogP contribution in [0.15, 0.2) is 41.8 Å². The van der Waals surface area contributed by atoms with Gasteiger partial charge in [0.25, 0.3) is 0 Å². The Labute approximate surface area is 133 Å². The average Bonchev–Trinajstić information content (AvgIpc) is 2.99. The number of hydrogen-bond acceptors (Lipinski definition) is 4. The van der Waals surface area contributed by atoms with Gasteiger partial charge in [-0.1, -0.05) is 6.07 Å². The van der Waals surface area contributed by atoms with E-state index < -0.39 is 11.8 Å². The highest BCUT2D eigenvalue weighted by Gasteiger charge is 2.13. The van der Waals surface area contributed by atoms with Gasteiger partial charge in [0, 0.05) is 10.6 Å². The highest BCUT2D eigenvalue weighted by Crippen LogP contribution is 2.16. The summed E-state index contributed by atoms with van der Waals surface area (Å²) >= 11 is 1.53. The third-order valence-electron chi connectivity index (χ3n) is 2.69. The molecule has 0 fully saturated rings. The van der Waals surface area contributed by atoms with Gasteiger partial charge in [-0.15, -0.1) is 11.3 Å². The summed E-state index contributed by atoms with van der Waals surface area (Å²) in [5.74, 6) is -0.625. The Balaban J connectivity index is 1.84. The van der Waals surface area contributed by atoms with E-state index in [2.05, 4.69) is 10.6 Å². The van der Waals surface area contributed by atoms with Crippen LogP contribution in [0.25, 0.3) is 0 Å². The highest BCUT2D eigenvalue weighted by atomic mass is 32.1. The van der Waals surface area contributed by atoms with Crippen molar-refractivity contribution in [2.24, 2.45) is 0 Å². The smallest absolute Gasteiger partial charge is 0.313 e. The van der Waals surface area contributed by atoms with Gasteiger partial charge < -0.3 is 15.4 Å². The Morgan fingerprint density at radius 3 is 2.45 bits per heavy atom. The minimum absolute atomic E-state index is 0.0865. The van der Waals surface area contributed by atoms with Crippen LogP contribution in [0, 0.1) is 0 Å². The summed E-state index contributed by atoms with van der Waals surface area (Å²) in [7, 11) is 0. The summed E-state index contributed by atoms with van der Waals surface area (Å²) in [5.41, 5.74) is 0.548. The van der Waals surface area contributed by atoms with Crippen molar-refractivity contribution in [3.8, 4) is 5.75 Å². The average molecular weight is 318 g/mol. The molecule has 2 aromatic rings. The van der Waals surface area contributed by atoms with Gasteiger partial charge in [-0.3, -0.25) is 9.59 Å². The fourth-order valence-electron chi connectivity index (χ4n) is 1.74. The number of carbonyl (C=O) groups excluding carboxylic acids is 2. The van der Waals surface area contributed by atoms with Crippen LogP contribution in [-0.4, -0.2) is 17.9 Å². The lowest BCUT2D eigenvalue weighted by Crippen LogP contribution is -2.34. The van der Waals surface area contributed by atoms with Gasteiger partial charge >= 0.3 is 11.8 Å². The van der Waals surface area contributed by atoms with E-state index in [0.717, 1.165) is 10.6 Å². The molecular formula is C16H18N2O3S. The van der Waals surface area contributed by atoms with Crippen LogP contribution in [0.2, 0.25) is 0 Å². The summed E-state index contributed by atoms with van der Waals surface area (Å²) in [5, 5.41) is 7.05. The molecule has 0 radical (unpaired) electrons. The number of hydrogen-bond donors (Lipinski definition) is 2. The molecule has 0 aliphatic carbocycles. The van der Waals surface area contributed by atoms with Crippen LogP contribution in [0.3, 0.4) is 0 Å². The minimum atomic E-state index is -0.686. The fourth-order valence-corrected chi connectivity index (χ4v) is 2.38. The molecule has 0 aliphatic rings. The summed E-state index contributed by atoms with van der Waals surface area (Å²) in [4.78, 5) is 24.5. The molecule has 1 aromatic carbocycles. The molecule has 0 spiro atoms. The first-order valence-corrected chi connectivity index (χ1v) is 7.81. The standard InChI is InChI=1S/C16H18N2O3S/c1-11(2)21-13-7-5-12(6-8-13)18-16(20)15(19)17-10-14-4-3-9-22-14/h3-9,11H,10H2,1-2H3,(H,17,19)(H,18,20). The summed E-state index contributed by atoms with van der Waals surface area (Å²) < 4.78 is 5.51. The second kappa shape index (κ2) is 7.61. The van der Waals surface area contributed by atoms with Crippen molar-refractivity contribution in [1.29, 1.82) is 0 Å². The maximum absolute atomic E-state index is 11.8. The molecule has 0 unspecified atom stereocenters. The summed E-state index contributed by atoms with van der Waals surface area (Å²) in [6.45, 7) is 4.23. The topological polar surface area (TPSA) is 67.4 Å². The van der Waals surface area contributed by atoms with E-state index in [0.29, 0.717) is 12.2 Å². The van der Waals surface area contributed by atoms with E-state index in [1.54, 1.807) is 24.3 Å². The molecule has 2 rings (SSSR count). The zero-order chi connectivity index (χ0) is 15.9. The number of anilines is 1. The first-order valence-electron chi connectivity index (χ1n) is 6.93. The predicted molar refractivity (Wildman–Crippen MR) is 87.0 cm³/mol. The molecule has 5 nitrogen and oxygen atoms in total. The van der Waals surface area contributed by atoms with E-state index in [4.69, 9.17) is 4.74 Å². The molecular weight excluding hydrogens is 300 g/mol. The van der Waals surface area contributed by atoms with Crippen molar-refractivity contribution in [1.82, 2.24) is 5.32 Å². The van der Waals surface area contributed by atoms with E-state index >= 15 is 0 Å². The van der Waals surface area contributed by atoms with Crippen LogP contribution in [-0.2, 0) is 16.1 Å². The zero-order valence-electron chi connectivity index (χ0n) is 12.5. The van der Waals surface area contributed by atoms with Gasteiger partial charge in [-0.2, -0.15) is 0 Å². The van der Waals surface area contributed by atoms with Crippen LogP contribution in [0.4, 0.5) is 5.69 Å². The van der Waals surface area contributed by atoms with E-state index in [1.807, 2.05) is 31.4 Å². The molecule has 1 heterocycles. The molecule has 0 aliphatic heterocycles. The van der Waals surface area contributed by atoms with Gasteiger partial charge in [0.1, 0.15) is 5.75 Å². The van der Waals surface area contributed by atoms with Crippen molar-refractivity contribution < 1.29 is 14.3 Å². The Kier molecular flexibility index (Phi) is 5.55. The summed E-state index contributed by atoms with van der Waals surface area (Å²) in [6.07, 6.45) is 0.0865. The molecule has 0 saturated heterocycles. The molecule has 2 N–H and O–H groups in total. The van der Waals surface area contributed by atoms with Gasteiger partial charge in [0.15, 0.2) is 0 Å². The number of rotatable bonds is 5. The Hall–Kier alpha value is -2.34. The van der Waals surface area contributed by atoms with E-state index in [9.17, 15) is 9.59 Å². The first-order chi connectivity index (χ1) is 10.5. The van der Waals surface area contributed by atoms with Crippen LogP contribution >= 0.6 is 11.3 Å². The highest BCUT2D eigenvalue weighted by molar-refractivity contribution is 7.09. The number of benzene rings is 1. The lowest BCUT2D eigenvalue weighted by atomic mass is 10.3. The third-order valence-corrected chi connectivity index (χ3v) is 3.57. The fraction of sp³-hybridized carbons (Fsp3) is 0.250. The maximum atomic E-state index is 11.8. The Morgan fingerprint density at radius 2 is 1.86 bits per heavy atom. The second-order valence-corrected chi connectivity index (χ2v) is 5.94. The van der Waals surface area contributed by atoms with Crippen LogP contribution in [0.1, 0.15) is 18.7 Å². The number of nitrogens with one attached hydrogen (secondary N) is 2. The maximum Gasteiger partial charge on any atom is 0.313 e. The molecule has 2 amide bonds. The summed E-state index contributed by atoms with van der Waals surface area (Å²) in [6, 6.07) is 10.7. The van der Waals surface area contributed by atoms with Crippen molar-refractivity contribution in [3.63, 3.8) is 0 Å². The van der Waals surface area contributed by atoms with E-state index in [-0.39, 0.29) is 6.10 Å². The zero-order valence-corrected chi connectivity index (χ0v) is 13.3. The molecule has 0 saturated carbocycles. The Morgan fingerprint density at radius 1 is 1.14 bits per heavy atom. The third kappa shape index (κ3) is 4.89. The van der Waals surface area contributed by atoms with Gasteiger partial charge in [-0.05, 0) is 49.6 Å². The number of carbonyl (C=O) groups is 2. The first kappa shape index (κ1) is 16.0. The van der Waals surface area contributed by atoms with E-state index in [1.165, 1.54) is 11.3 Å². The molecule has 1 aromatic heterocycles. The molecule has 116 valence electrons. The lowest BCUT2D eigenvalue weighted by Gasteiger charge is -2.10. The Bertz CT molecular complexity index is 621. The molecule has 22 heavy (non-hydrogen) atoms. The minimum Gasteiger partial charge on any atom is -0.491 e. The van der Waals surface area contributed by atoms with Crippen molar-refractivity contribution >= 4 is 28.8 Å². The number of amides is 2. The lowest BCUT2D eigenvalue weighted by molar-refractivity contribution is -0.136. The van der Waals surface area contributed by atoms with Gasteiger partial charge in [-0.25, -0.2) is 0 Å². The predicted octanol–water partition coefficient (Wildman–Crippen LogP) is 2.79. The van der Waals surface area contributed by atoms with Gasteiger partial charge in [0.2, 0.25) is 0 Å². The van der Waals surface area contributed by atoms with Crippen LogP contribution in [0.5, 0.6) is 5.75 Å². The SMILES string of the molecule is CC(C)Oc1ccc(NC(=O)C(=O)NCc2cccs2)cc1. The normalized spacial score (nSPS) is 10.3.